The zero-order valence-electron chi connectivity index (χ0n) is 11.2. The zero-order valence-corrected chi connectivity index (χ0v) is 12.7. The number of halogens is 3. The molecule has 0 spiro atoms. The predicted molar refractivity (Wildman–Crippen MR) is 83.2 cm³/mol. The minimum absolute atomic E-state index is 0.103. The maximum atomic E-state index is 13.4. The number of hydrogen-bond acceptors (Lipinski definition) is 3. The first-order valence-corrected chi connectivity index (χ1v) is 7.12. The fourth-order valence-electron chi connectivity index (χ4n) is 1.87. The van der Waals surface area contributed by atoms with E-state index in [2.05, 4.69) is 5.43 Å². The monoisotopic (exact) mass is 328 g/mol. The first-order chi connectivity index (χ1) is 10.1. The lowest BCUT2D eigenvalue weighted by atomic mass is 10.1. The van der Waals surface area contributed by atoms with Gasteiger partial charge in [0.1, 0.15) is 18.2 Å². The van der Waals surface area contributed by atoms with Gasteiger partial charge in [0.05, 0.1) is 11.1 Å². The lowest BCUT2D eigenvalue weighted by Crippen LogP contribution is -2.41. The number of benzene rings is 2. The van der Waals surface area contributed by atoms with Gasteiger partial charge in [0.15, 0.2) is 0 Å². The van der Waals surface area contributed by atoms with Crippen LogP contribution in [0, 0.1) is 5.82 Å². The molecule has 0 amide bonds. The molecule has 0 heterocycles. The number of nitrogens with one attached hydrogen (secondary N) is 1. The summed E-state index contributed by atoms with van der Waals surface area (Å²) in [7, 11) is 0. The van der Waals surface area contributed by atoms with Crippen LogP contribution < -0.4 is 16.0 Å². The molecule has 0 aliphatic carbocycles. The Morgan fingerprint density at radius 1 is 1.19 bits per heavy atom. The molecule has 0 radical (unpaired) electrons. The van der Waals surface area contributed by atoms with E-state index in [4.69, 9.17) is 33.8 Å². The molecule has 0 aromatic heterocycles. The third kappa shape index (κ3) is 4.86. The van der Waals surface area contributed by atoms with E-state index in [1.807, 2.05) is 0 Å². The summed E-state index contributed by atoms with van der Waals surface area (Å²) < 4.78 is 19.0. The molecule has 1 unspecified atom stereocenters. The van der Waals surface area contributed by atoms with E-state index < -0.39 is 5.82 Å². The Hall–Kier alpha value is -1.33. The van der Waals surface area contributed by atoms with Gasteiger partial charge in [-0.1, -0.05) is 35.3 Å². The van der Waals surface area contributed by atoms with E-state index >= 15 is 0 Å². The van der Waals surface area contributed by atoms with E-state index in [0.717, 1.165) is 5.56 Å². The molecule has 6 heteroatoms. The fourth-order valence-corrected chi connectivity index (χ4v) is 2.17. The predicted octanol–water partition coefficient (Wildman–Crippen LogP) is 3.59. The number of ether oxygens (including phenoxy) is 1. The zero-order chi connectivity index (χ0) is 15.2. The maximum Gasteiger partial charge on any atom is 0.142 e. The van der Waals surface area contributed by atoms with Crippen molar-refractivity contribution in [2.75, 3.05) is 6.61 Å². The first-order valence-electron chi connectivity index (χ1n) is 6.37. The molecule has 21 heavy (non-hydrogen) atoms. The summed E-state index contributed by atoms with van der Waals surface area (Å²) in [5, 5.41) is 0.704. The largest absolute Gasteiger partial charge is 0.492 e. The van der Waals surface area contributed by atoms with Gasteiger partial charge < -0.3 is 4.74 Å². The van der Waals surface area contributed by atoms with Crippen molar-refractivity contribution in [3.05, 3.63) is 63.9 Å². The van der Waals surface area contributed by atoms with Gasteiger partial charge in [-0.25, -0.2) is 4.39 Å². The van der Waals surface area contributed by atoms with Gasteiger partial charge in [-0.2, -0.15) is 0 Å². The molecule has 2 aromatic rings. The summed E-state index contributed by atoms with van der Waals surface area (Å²) >= 11 is 11.5. The van der Waals surface area contributed by atoms with Crippen LogP contribution in [-0.2, 0) is 6.42 Å². The van der Waals surface area contributed by atoms with Gasteiger partial charge >= 0.3 is 0 Å². The summed E-state index contributed by atoms with van der Waals surface area (Å²) in [6.45, 7) is 0.334. The lowest BCUT2D eigenvalue weighted by Gasteiger charge is -2.17. The third-order valence-corrected chi connectivity index (χ3v) is 3.49. The van der Waals surface area contributed by atoms with E-state index in [0.29, 0.717) is 23.8 Å². The highest BCUT2D eigenvalue weighted by Gasteiger charge is 2.11. The van der Waals surface area contributed by atoms with Crippen LogP contribution in [0.1, 0.15) is 5.56 Å². The van der Waals surface area contributed by atoms with Crippen LogP contribution in [0.5, 0.6) is 5.75 Å². The van der Waals surface area contributed by atoms with Crippen LogP contribution in [0.2, 0.25) is 10.0 Å². The van der Waals surface area contributed by atoms with E-state index in [1.165, 1.54) is 12.1 Å². The van der Waals surface area contributed by atoms with Crippen molar-refractivity contribution >= 4 is 23.2 Å². The second-order valence-corrected chi connectivity index (χ2v) is 5.43. The Balaban J connectivity index is 1.95. The highest BCUT2D eigenvalue weighted by Crippen LogP contribution is 2.19. The van der Waals surface area contributed by atoms with Gasteiger partial charge in [-0.15, -0.1) is 0 Å². The molecule has 1 atom stereocenters. The van der Waals surface area contributed by atoms with Crippen LogP contribution in [0.25, 0.3) is 0 Å². The van der Waals surface area contributed by atoms with Gasteiger partial charge in [0, 0.05) is 5.02 Å². The average molecular weight is 329 g/mol. The molecular weight excluding hydrogens is 314 g/mol. The molecule has 2 aromatic carbocycles. The number of rotatable bonds is 6. The quantitative estimate of drug-likeness (QED) is 0.629. The van der Waals surface area contributed by atoms with Crippen molar-refractivity contribution < 1.29 is 9.13 Å². The van der Waals surface area contributed by atoms with Crippen molar-refractivity contribution in [1.29, 1.82) is 0 Å². The van der Waals surface area contributed by atoms with Crippen molar-refractivity contribution in [1.82, 2.24) is 5.43 Å². The van der Waals surface area contributed by atoms with Crippen molar-refractivity contribution in [3.63, 3.8) is 0 Å². The molecule has 0 saturated heterocycles. The summed E-state index contributed by atoms with van der Waals surface area (Å²) in [4.78, 5) is 0. The summed E-state index contributed by atoms with van der Waals surface area (Å²) in [6, 6.07) is 11.6. The molecule has 3 N–H and O–H groups in total. The molecular formula is C15H15Cl2FN2O. The molecule has 0 aliphatic heterocycles. The molecule has 0 aliphatic rings. The summed E-state index contributed by atoms with van der Waals surface area (Å²) in [5.41, 5.74) is 3.44. The van der Waals surface area contributed by atoms with Crippen molar-refractivity contribution in [2.45, 2.75) is 12.5 Å². The molecule has 0 fully saturated rings. The molecule has 3 nitrogen and oxygen atoms in total. The van der Waals surface area contributed by atoms with Gasteiger partial charge in [0.25, 0.3) is 0 Å². The highest BCUT2D eigenvalue weighted by atomic mass is 35.5. The SMILES string of the molecule is NNC(COc1cccc(Cl)c1)Cc1ccc(Cl)c(F)c1. The van der Waals surface area contributed by atoms with Crippen molar-refractivity contribution in [3.8, 4) is 5.75 Å². The van der Waals surface area contributed by atoms with Gasteiger partial charge in [-0.3, -0.25) is 11.3 Å². The van der Waals surface area contributed by atoms with Gasteiger partial charge in [0.2, 0.25) is 0 Å². The Labute approximate surface area is 132 Å². The molecule has 0 saturated carbocycles. The Morgan fingerprint density at radius 2 is 2.00 bits per heavy atom. The number of nitrogens with two attached hydrogens (primary N) is 1. The Morgan fingerprint density at radius 3 is 2.67 bits per heavy atom. The first kappa shape index (κ1) is 16.0. The molecule has 0 bridgehead atoms. The van der Waals surface area contributed by atoms with Crippen molar-refractivity contribution in [2.24, 2.45) is 5.84 Å². The van der Waals surface area contributed by atoms with Gasteiger partial charge in [-0.05, 0) is 42.3 Å². The van der Waals surface area contributed by atoms with Crippen LogP contribution >= 0.6 is 23.2 Å². The number of hydrogen-bond donors (Lipinski definition) is 2. The second kappa shape index (κ2) is 7.61. The summed E-state index contributed by atoms with van der Waals surface area (Å²) in [6.07, 6.45) is 0.519. The van der Waals surface area contributed by atoms with Crippen LogP contribution in [-0.4, -0.2) is 12.6 Å². The smallest absolute Gasteiger partial charge is 0.142 e. The maximum absolute atomic E-state index is 13.4. The van der Waals surface area contributed by atoms with E-state index in [9.17, 15) is 4.39 Å². The second-order valence-electron chi connectivity index (χ2n) is 4.58. The highest BCUT2D eigenvalue weighted by molar-refractivity contribution is 6.31. The Bertz CT molecular complexity index is 610. The minimum atomic E-state index is -0.444. The molecule has 112 valence electrons. The third-order valence-electron chi connectivity index (χ3n) is 2.95. The average Bonchev–Trinajstić information content (AvgIpc) is 2.47. The van der Waals surface area contributed by atoms with Crippen LogP contribution in [0.3, 0.4) is 0 Å². The topological polar surface area (TPSA) is 47.3 Å². The summed E-state index contributed by atoms with van der Waals surface area (Å²) in [5.74, 6) is 5.72. The number of hydrazine groups is 1. The lowest BCUT2D eigenvalue weighted by molar-refractivity contribution is 0.264. The van der Waals surface area contributed by atoms with E-state index in [-0.39, 0.29) is 11.1 Å². The Kier molecular flexibility index (Phi) is 5.82. The molecule has 2 rings (SSSR count). The standard InChI is InChI=1S/C15H15Cl2FN2O/c16-11-2-1-3-13(8-11)21-9-12(20-19)6-10-4-5-14(17)15(18)7-10/h1-5,7-8,12,20H,6,9,19H2. The van der Waals surface area contributed by atoms with E-state index in [1.54, 1.807) is 30.3 Å². The van der Waals surface area contributed by atoms with Crippen LogP contribution in [0.15, 0.2) is 42.5 Å². The minimum Gasteiger partial charge on any atom is -0.492 e. The normalized spacial score (nSPS) is 12.2. The van der Waals surface area contributed by atoms with Crippen LogP contribution in [0.4, 0.5) is 4.39 Å². The fraction of sp³-hybridized carbons (Fsp3) is 0.200.